The molecule has 2 rings (SSSR count). The van der Waals surface area contributed by atoms with Gasteiger partial charge in [0.15, 0.2) is 0 Å². The van der Waals surface area contributed by atoms with E-state index in [1.807, 2.05) is 32.5 Å². The molecule has 0 unspecified atom stereocenters. The van der Waals surface area contributed by atoms with E-state index in [0.717, 1.165) is 17.0 Å². The molecule has 1 N–H and O–H groups in total. The van der Waals surface area contributed by atoms with E-state index in [4.69, 9.17) is 0 Å². The van der Waals surface area contributed by atoms with Crippen LogP contribution in [0.2, 0.25) is 0 Å². The van der Waals surface area contributed by atoms with Gasteiger partial charge in [-0.05, 0) is 46.0 Å². The first kappa shape index (κ1) is 16.8. The zero-order chi connectivity index (χ0) is 16.8. The summed E-state index contributed by atoms with van der Waals surface area (Å²) in [6, 6.07) is -0.00930. The van der Waals surface area contributed by atoms with Gasteiger partial charge in [0.1, 0.15) is 0 Å². The number of rotatable bonds is 4. The Labute approximate surface area is 134 Å². The van der Waals surface area contributed by atoms with Crippen LogP contribution in [0.25, 0.3) is 0 Å². The first-order chi connectivity index (χ1) is 10.1. The van der Waals surface area contributed by atoms with Gasteiger partial charge in [-0.2, -0.15) is 5.10 Å². The predicted molar refractivity (Wildman–Crippen MR) is 89.4 cm³/mol. The maximum atomic E-state index is 12.7. The first-order valence-corrected chi connectivity index (χ1v) is 8.02. The summed E-state index contributed by atoms with van der Waals surface area (Å²) < 4.78 is 1.88. The molecule has 0 radical (unpaired) electrons. The summed E-state index contributed by atoms with van der Waals surface area (Å²) in [4.78, 5) is 12.7. The van der Waals surface area contributed by atoms with Crippen LogP contribution in [0, 0.1) is 31.1 Å². The number of aryl methyl sites for hydroxylation is 2. The van der Waals surface area contributed by atoms with Crippen LogP contribution in [-0.4, -0.2) is 15.7 Å². The van der Waals surface area contributed by atoms with Crippen molar-refractivity contribution in [3.63, 3.8) is 0 Å². The molecule has 4 heteroatoms. The third-order valence-electron chi connectivity index (χ3n) is 5.06. The van der Waals surface area contributed by atoms with Crippen molar-refractivity contribution in [1.82, 2.24) is 15.1 Å². The van der Waals surface area contributed by atoms with Crippen LogP contribution in [0.4, 0.5) is 0 Å². The van der Waals surface area contributed by atoms with Crippen molar-refractivity contribution in [2.24, 2.45) is 24.3 Å². The summed E-state index contributed by atoms with van der Waals surface area (Å²) in [6.45, 7) is 14.6. The maximum absolute atomic E-state index is 12.7. The van der Waals surface area contributed by atoms with Gasteiger partial charge in [0.25, 0.3) is 0 Å². The van der Waals surface area contributed by atoms with Crippen LogP contribution in [-0.2, 0) is 11.8 Å². The number of hydrogen-bond donors (Lipinski definition) is 1. The molecular weight excluding hydrogens is 274 g/mol. The fraction of sp³-hybridized carbons (Fsp3) is 0.667. The van der Waals surface area contributed by atoms with Gasteiger partial charge in [-0.1, -0.05) is 25.5 Å². The summed E-state index contributed by atoms with van der Waals surface area (Å²) in [5, 5.41) is 7.63. The molecule has 1 aliphatic carbocycles. The third-order valence-corrected chi connectivity index (χ3v) is 5.06. The van der Waals surface area contributed by atoms with E-state index in [2.05, 4.69) is 44.2 Å². The van der Waals surface area contributed by atoms with Gasteiger partial charge < -0.3 is 5.32 Å². The lowest BCUT2D eigenvalue weighted by molar-refractivity contribution is -0.123. The summed E-state index contributed by atoms with van der Waals surface area (Å²) in [6.07, 6.45) is 2.23. The second kappa shape index (κ2) is 5.56. The van der Waals surface area contributed by atoms with E-state index in [9.17, 15) is 4.79 Å². The lowest BCUT2D eigenvalue weighted by Gasteiger charge is -2.15. The molecule has 0 saturated heterocycles. The van der Waals surface area contributed by atoms with E-state index >= 15 is 0 Å². The topological polar surface area (TPSA) is 46.9 Å². The van der Waals surface area contributed by atoms with Gasteiger partial charge in [-0.25, -0.2) is 0 Å². The van der Waals surface area contributed by atoms with Gasteiger partial charge in [0, 0.05) is 18.3 Å². The Balaban J connectivity index is 2.11. The van der Waals surface area contributed by atoms with Crippen molar-refractivity contribution >= 4 is 5.91 Å². The second-order valence-corrected chi connectivity index (χ2v) is 7.51. The Morgan fingerprint density at radius 3 is 2.41 bits per heavy atom. The number of allylic oxidation sites excluding steroid dienone is 2. The van der Waals surface area contributed by atoms with Crippen LogP contribution in [0.15, 0.2) is 11.6 Å². The van der Waals surface area contributed by atoms with Crippen LogP contribution in [0.5, 0.6) is 0 Å². The zero-order valence-corrected chi connectivity index (χ0v) is 15.1. The predicted octanol–water partition coefficient (Wildman–Crippen LogP) is 3.45. The maximum Gasteiger partial charge on any atom is 0.224 e. The highest BCUT2D eigenvalue weighted by atomic mass is 16.2. The Bertz CT molecular complexity index is 621. The standard InChI is InChI=1S/C18H29N3O/c1-10(2)9-14-16(18(14,6)7)17(22)19-11(3)15-12(4)20-21(8)13(15)5/h9,11,14,16H,1-8H3,(H,19,22)/t11-,14-,16-/m1/s1. The van der Waals surface area contributed by atoms with Crippen molar-refractivity contribution in [1.29, 1.82) is 0 Å². The Hall–Kier alpha value is -1.58. The van der Waals surface area contributed by atoms with Crippen LogP contribution in [0.1, 0.15) is 57.6 Å². The number of hydrogen-bond acceptors (Lipinski definition) is 2. The average Bonchev–Trinajstić information content (AvgIpc) is 2.77. The molecular formula is C18H29N3O. The number of nitrogens with zero attached hydrogens (tertiary/aromatic N) is 2. The lowest BCUT2D eigenvalue weighted by Crippen LogP contribution is -2.30. The smallest absolute Gasteiger partial charge is 0.224 e. The molecule has 0 aromatic carbocycles. The van der Waals surface area contributed by atoms with E-state index in [1.165, 1.54) is 5.57 Å². The van der Waals surface area contributed by atoms with E-state index in [-0.39, 0.29) is 23.3 Å². The quantitative estimate of drug-likeness (QED) is 0.866. The Morgan fingerprint density at radius 2 is 1.95 bits per heavy atom. The normalized spacial score (nSPS) is 23.8. The highest BCUT2D eigenvalue weighted by molar-refractivity contribution is 5.84. The molecule has 1 aromatic heterocycles. The van der Waals surface area contributed by atoms with Gasteiger partial charge in [-0.15, -0.1) is 0 Å². The molecule has 0 bridgehead atoms. The molecule has 0 aliphatic heterocycles. The number of aromatic nitrogens is 2. The molecule has 0 spiro atoms. The van der Waals surface area contributed by atoms with E-state index < -0.39 is 0 Å². The SMILES string of the molecule is CC(C)=C[C@@H]1[C@H](C(=O)N[C@H](C)c2c(C)nn(C)c2C)C1(C)C. The largest absolute Gasteiger partial charge is 0.349 e. The average molecular weight is 303 g/mol. The van der Waals surface area contributed by atoms with Crippen LogP contribution < -0.4 is 5.32 Å². The monoisotopic (exact) mass is 303 g/mol. The van der Waals surface area contributed by atoms with Crippen molar-refractivity contribution in [2.45, 2.75) is 54.5 Å². The third kappa shape index (κ3) is 2.83. The zero-order valence-electron chi connectivity index (χ0n) is 15.1. The highest BCUT2D eigenvalue weighted by Crippen LogP contribution is 2.59. The molecule has 3 atom stereocenters. The van der Waals surface area contributed by atoms with Crippen LogP contribution >= 0.6 is 0 Å². The molecule has 1 aliphatic rings. The van der Waals surface area contributed by atoms with Crippen molar-refractivity contribution in [3.05, 3.63) is 28.6 Å². The van der Waals surface area contributed by atoms with Gasteiger partial charge in [0.2, 0.25) is 5.91 Å². The molecule has 1 fully saturated rings. The molecule has 22 heavy (non-hydrogen) atoms. The van der Waals surface area contributed by atoms with Crippen molar-refractivity contribution in [2.75, 3.05) is 0 Å². The van der Waals surface area contributed by atoms with Crippen molar-refractivity contribution < 1.29 is 4.79 Å². The molecule has 1 saturated carbocycles. The number of amides is 1. The minimum Gasteiger partial charge on any atom is -0.349 e. The first-order valence-electron chi connectivity index (χ1n) is 8.02. The van der Waals surface area contributed by atoms with E-state index in [1.54, 1.807) is 0 Å². The minimum absolute atomic E-state index is 0.00930. The molecule has 1 amide bonds. The summed E-state index contributed by atoms with van der Waals surface area (Å²) in [7, 11) is 1.94. The Morgan fingerprint density at radius 1 is 1.36 bits per heavy atom. The van der Waals surface area contributed by atoms with Gasteiger partial charge >= 0.3 is 0 Å². The summed E-state index contributed by atoms with van der Waals surface area (Å²) in [5.41, 5.74) is 4.57. The lowest BCUT2D eigenvalue weighted by atomic mass is 10.1. The van der Waals surface area contributed by atoms with Gasteiger partial charge in [-0.3, -0.25) is 9.48 Å². The summed E-state index contributed by atoms with van der Waals surface area (Å²) >= 11 is 0. The van der Waals surface area contributed by atoms with E-state index in [0.29, 0.717) is 5.92 Å². The molecule has 4 nitrogen and oxygen atoms in total. The van der Waals surface area contributed by atoms with Crippen LogP contribution in [0.3, 0.4) is 0 Å². The van der Waals surface area contributed by atoms with Crippen molar-refractivity contribution in [3.8, 4) is 0 Å². The highest BCUT2D eigenvalue weighted by Gasteiger charge is 2.60. The second-order valence-electron chi connectivity index (χ2n) is 7.51. The Kier molecular flexibility index (Phi) is 4.24. The number of carbonyl (C=O) groups excluding carboxylic acids is 1. The minimum atomic E-state index is -0.00930. The fourth-order valence-electron chi connectivity index (χ4n) is 3.64. The summed E-state index contributed by atoms with van der Waals surface area (Å²) in [5.74, 6) is 0.575. The number of carbonyl (C=O) groups is 1. The fourth-order valence-corrected chi connectivity index (χ4v) is 3.64. The number of nitrogens with one attached hydrogen (secondary N) is 1. The molecule has 1 heterocycles. The molecule has 1 aromatic rings. The van der Waals surface area contributed by atoms with Gasteiger partial charge in [0.05, 0.1) is 17.7 Å². The molecule has 122 valence electrons.